The van der Waals surface area contributed by atoms with Crippen LogP contribution in [-0.4, -0.2) is 17.9 Å². The van der Waals surface area contributed by atoms with Crippen molar-refractivity contribution in [1.82, 2.24) is 0 Å². The van der Waals surface area contributed by atoms with Gasteiger partial charge < -0.3 is 5.32 Å². The molecule has 0 saturated carbocycles. The largest absolute Gasteiger partial charge is 0.378 e. The Morgan fingerprint density at radius 3 is 2.67 bits per heavy atom. The van der Waals surface area contributed by atoms with E-state index in [9.17, 15) is 18.9 Å². The predicted octanol–water partition coefficient (Wildman–Crippen LogP) is 3.03. The molecule has 0 saturated heterocycles. The minimum Gasteiger partial charge on any atom is -0.378 e. The van der Waals surface area contributed by atoms with Crippen molar-refractivity contribution in [3.63, 3.8) is 0 Å². The lowest BCUT2D eigenvalue weighted by Gasteiger charge is -2.07. The minimum atomic E-state index is -2.47. The van der Waals surface area contributed by atoms with Gasteiger partial charge in [-0.05, 0) is 22.0 Å². The van der Waals surface area contributed by atoms with Crippen LogP contribution in [-0.2, 0) is 0 Å². The Morgan fingerprint density at radius 2 is 2.20 bits per heavy atom. The van der Waals surface area contributed by atoms with Gasteiger partial charge >= 0.3 is 0 Å². The highest BCUT2D eigenvalue weighted by Crippen LogP contribution is 2.27. The summed E-state index contributed by atoms with van der Waals surface area (Å²) < 4.78 is 24.1. The van der Waals surface area contributed by atoms with Gasteiger partial charge in [0.1, 0.15) is 0 Å². The summed E-state index contributed by atoms with van der Waals surface area (Å²) in [5, 5.41) is 12.8. The maximum Gasteiger partial charge on any atom is 0.270 e. The normalized spacial score (nSPS) is 10.4. The van der Waals surface area contributed by atoms with Gasteiger partial charge in [-0.3, -0.25) is 10.1 Å². The number of nitrogens with one attached hydrogen (secondary N) is 1. The molecule has 7 heteroatoms. The number of alkyl halides is 2. The van der Waals surface area contributed by atoms with Gasteiger partial charge in [0.05, 0.1) is 11.5 Å². The summed E-state index contributed by atoms with van der Waals surface area (Å²) in [6, 6.07) is 3.89. The van der Waals surface area contributed by atoms with Gasteiger partial charge in [0.25, 0.3) is 12.1 Å². The number of hydrogen-bond donors (Lipinski definition) is 1. The van der Waals surface area contributed by atoms with Crippen LogP contribution >= 0.6 is 15.9 Å². The van der Waals surface area contributed by atoms with Crippen molar-refractivity contribution in [3.8, 4) is 0 Å². The monoisotopic (exact) mass is 280 g/mol. The lowest BCUT2D eigenvalue weighted by Crippen LogP contribution is -2.10. The molecule has 1 N–H and O–H groups in total. The van der Waals surface area contributed by atoms with Crippen molar-refractivity contribution in [2.45, 2.75) is 6.43 Å². The summed E-state index contributed by atoms with van der Waals surface area (Å²) in [7, 11) is 0. The summed E-state index contributed by atoms with van der Waals surface area (Å²) in [5.74, 6) is 0. The van der Waals surface area contributed by atoms with Crippen LogP contribution < -0.4 is 5.32 Å². The summed E-state index contributed by atoms with van der Waals surface area (Å²) in [5.41, 5.74) is 0.311. The second-order valence-electron chi connectivity index (χ2n) is 2.69. The smallest absolute Gasteiger partial charge is 0.270 e. The second-order valence-corrected chi connectivity index (χ2v) is 3.55. The number of rotatable bonds is 4. The quantitative estimate of drug-likeness (QED) is 0.681. The first kappa shape index (κ1) is 11.8. The molecule has 1 aromatic carbocycles. The van der Waals surface area contributed by atoms with E-state index in [-0.39, 0.29) is 5.69 Å². The first-order valence-corrected chi connectivity index (χ1v) is 4.76. The van der Waals surface area contributed by atoms with E-state index < -0.39 is 17.9 Å². The molecule has 0 aliphatic carbocycles. The number of halogens is 3. The molecule has 0 aliphatic heterocycles. The Morgan fingerprint density at radius 1 is 1.53 bits per heavy atom. The SMILES string of the molecule is O=[N+]([O-])c1ccc(NCC(F)F)c(Br)c1. The van der Waals surface area contributed by atoms with E-state index in [2.05, 4.69) is 21.2 Å². The molecular formula is C8H7BrF2N2O2. The van der Waals surface area contributed by atoms with Crippen LogP contribution in [0.5, 0.6) is 0 Å². The maximum absolute atomic E-state index is 11.9. The summed E-state index contributed by atoms with van der Waals surface area (Å²) in [6.07, 6.45) is -2.47. The van der Waals surface area contributed by atoms with Crippen molar-refractivity contribution in [2.75, 3.05) is 11.9 Å². The Bertz CT molecular complexity index is 374. The maximum atomic E-state index is 11.9. The van der Waals surface area contributed by atoms with Crippen LogP contribution in [0, 0.1) is 10.1 Å². The first-order valence-electron chi connectivity index (χ1n) is 3.96. The lowest BCUT2D eigenvalue weighted by atomic mass is 10.3. The second kappa shape index (κ2) is 5.01. The van der Waals surface area contributed by atoms with Gasteiger partial charge in [0.2, 0.25) is 0 Å². The highest BCUT2D eigenvalue weighted by Gasteiger charge is 2.09. The Hall–Kier alpha value is -1.24. The van der Waals surface area contributed by atoms with Gasteiger partial charge in [-0.25, -0.2) is 8.78 Å². The molecule has 15 heavy (non-hydrogen) atoms. The number of benzene rings is 1. The van der Waals surface area contributed by atoms with E-state index in [1.165, 1.54) is 18.2 Å². The molecule has 4 nitrogen and oxygen atoms in total. The third kappa shape index (κ3) is 3.43. The Kier molecular flexibility index (Phi) is 3.96. The van der Waals surface area contributed by atoms with Crippen LogP contribution in [0.15, 0.2) is 22.7 Å². The van der Waals surface area contributed by atoms with Crippen LogP contribution in [0.1, 0.15) is 0 Å². The van der Waals surface area contributed by atoms with Crippen molar-refractivity contribution in [1.29, 1.82) is 0 Å². The molecule has 0 aromatic heterocycles. The average Bonchev–Trinajstić information content (AvgIpc) is 2.15. The molecule has 0 fully saturated rings. The molecule has 0 amide bonds. The van der Waals surface area contributed by atoms with Crippen LogP contribution in [0.4, 0.5) is 20.2 Å². The minimum absolute atomic E-state index is 0.0931. The van der Waals surface area contributed by atoms with E-state index in [1.54, 1.807) is 0 Å². The summed E-state index contributed by atoms with van der Waals surface area (Å²) in [6.45, 7) is -0.490. The number of non-ortho nitro benzene ring substituents is 1. The van der Waals surface area contributed by atoms with Crippen LogP contribution in [0.2, 0.25) is 0 Å². The molecular weight excluding hydrogens is 274 g/mol. The third-order valence-corrected chi connectivity index (χ3v) is 2.27. The fourth-order valence-electron chi connectivity index (χ4n) is 0.948. The molecule has 0 heterocycles. The van der Waals surface area contributed by atoms with Gasteiger partial charge in [-0.1, -0.05) is 0 Å². The fraction of sp³-hybridized carbons (Fsp3) is 0.250. The third-order valence-electron chi connectivity index (χ3n) is 1.61. The van der Waals surface area contributed by atoms with E-state index in [1.807, 2.05) is 0 Å². The topological polar surface area (TPSA) is 55.2 Å². The Balaban J connectivity index is 2.79. The standard InChI is InChI=1S/C8H7BrF2N2O2/c9-6-3-5(13(14)15)1-2-7(6)12-4-8(10)11/h1-3,8,12H,4H2. The molecule has 1 aromatic rings. The van der Waals surface area contributed by atoms with Gasteiger partial charge in [0.15, 0.2) is 0 Å². The van der Waals surface area contributed by atoms with Crippen molar-refractivity contribution in [2.24, 2.45) is 0 Å². The molecule has 1 rings (SSSR count). The molecule has 0 aliphatic rings. The Labute approximate surface area is 92.6 Å². The highest BCUT2D eigenvalue weighted by atomic mass is 79.9. The highest BCUT2D eigenvalue weighted by molar-refractivity contribution is 9.10. The van der Waals surface area contributed by atoms with E-state index in [4.69, 9.17) is 0 Å². The van der Waals surface area contributed by atoms with E-state index in [0.29, 0.717) is 10.2 Å². The zero-order valence-electron chi connectivity index (χ0n) is 7.41. The van der Waals surface area contributed by atoms with Gasteiger partial charge in [-0.2, -0.15) is 0 Å². The number of nitro benzene ring substituents is 1. The fourth-order valence-corrected chi connectivity index (χ4v) is 1.45. The number of nitrogens with zero attached hydrogens (tertiary/aromatic N) is 1. The van der Waals surface area contributed by atoms with Crippen molar-refractivity contribution >= 4 is 27.3 Å². The molecule has 0 radical (unpaired) electrons. The molecule has 0 atom stereocenters. The van der Waals surface area contributed by atoms with E-state index >= 15 is 0 Å². The zero-order chi connectivity index (χ0) is 11.4. The van der Waals surface area contributed by atoms with Crippen LogP contribution in [0.3, 0.4) is 0 Å². The lowest BCUT2D eigenvalue weighted by molar-refractivity contribution is -0.384. The molecule has 0 spiro atoms. The zero-order valence-corrected chi connectivity index (χ0v) is 9.00. The molecule has 0 bridgehead atoms. The number of anilines is 1. The average molecular weight is 281 g/mol. The van der Waals surface area contributed by atoms with E-state index in [0.717, 1.165) is 0 Å². The van der Waals surface area contributed by atoms with Gasteiger partial charge in [-0.15, -0.1) is 0 Å². The molecule has 0 unspecified atom stereocenters. The summed E-state index contributed by atoms with van der Waals surface area (Å²) in [4.78, 5) is 9.82. The first-order chi connectivity index (χ1) is 7.00. The summed E-state index contributed by atoms with van der Waals surface area (Å²) >= 11 is 3.05. The van der Waals surface area contributed by atoms with Crippen molar-refractivity contribution < 1.29 is 13.7 Å². The molecule has 82 valence electrons. The van der Waals surface area contributed by atoms with Gasteiger partial charge in [0, 0.05) is 22.3 Å². The number of hydrogen-bond acceptors (Lipinski definition) is 3. The van der Waals surface area contributed by atoms with Crippen LogP contribution in [0.25, 0.3) is 0 Å². The predicted molar refractivity (Wildman–Crippen MR) is 55.3 cm³/mol. The number of nitro groups is 1. The van der Waals surface area contributed by atoms with Crippen molar-refractivity contribution in [3.05, 3.63) is 32.8 Å².